The summed E-state index contributed by atoms with van der Waals surface area (Å²) in [4.78, 5) is 2.45. The van der Waals surface area contributed by atoms with Crippen LogP contribution < -0.4 is 0 Å². The van der Waals surface area contributed by atoms with Crippen LogP contribution >= 0.6 is 0 Å². The molecule has 0 spiro atoms. The molecule has 0 aromatic carbocycles. The predicted molar refractivity (Wildman–Crippen MR) is 89.6 cm³/mol. The van der Waals surface area contributed by atoms with Crippen molar-refractivity contribution in [3.8, 4) is 0 Å². The first-order valence-electron chi connectivity index (χ1n) is 8.88. The third-order valence-electron chi connectivity index (χ3n) is 5.45. The molecule has 0 bridgehead atoms. The van der Waals surface area contributed by atoms with E-state index in [1.165, 1.54) is 31.4 Å². The van der Waals surface area contributed by atoms with Crippen LogP contribution in [0.2, 0.25) is 0 Å². The molecule has 7 nitrogen and oxygen atoms in total. The highest BCUT2D eigenvalue weighted by atomic mass is 16.5. The number of ether oxygens (including phenoxy) is 1. The van der Waals surface area contributed by atoms with E-state index in [0.717, 1.165) is 25.3 Å². The number of aromatic nitrogens is 5. The Morgan fingerprint density at radius 2 is 2.08 bits per heavy atom. The molecule has 3 heterocycles. The zero-order chi connectivity index (χ0) is 16.5. The monoisotopic (exact) mass is 330 g/mol. The minimum atomic E-state index is 0.171. The van der Waals surface area contributed by atoms with Crippen LogP contribution in [0.1, 0.15) is 49.0 Å². The maximum absolute atomic E-state index is 5.73. The molecule has 0 radical (unpaired) electrons. The van der Waals surface area contributed by atoms with Crippen molar-refractivity contribution in [3.63, 3.8) is 0 Å². The Balaban J connectivity index is 1.47. The molecular weight excluding hydrogens is 304 g/mol. The topological polar surface area (TPSA) is 61.0 Å². The van der Waals surface area contributed by atoms with Gasteiger partial charge in [0.15, 0.2) is 0 Å². The van der Waals surface area contributed by atoms with Gasteiger partial charge in [0.2, 0.25) is 0 Å². The second kappa shape index (κ2) is 6.64. The lowest BCUT2D eigenvalue weighted by molar-refractivity contribution is 0.0954. The lowest BCUT2D eigenvalue weighted by atomic mass is 10.0. The van der Waals surface area contributed by atoms with Gasteiger partial charge in [-0.05, 0) is 18.9 Å². The maximum Gasteiger partial charge on any atom is 0.0897 e. The van der Waals surface area contributed by atoms with Gasteiger partial charge in [-0.3, -0.25) is 14.3 Å². The zero-order valence-electron chi connectivity index (χ0n) is 14.5. The quantitative estimate of drug-likeness (QED) is 0.836. The van der Waals surface area contributed by atoms with E-state index in [1.807, 2.05) is 19.4 Å². The van der Waals surface area contributed by atoms with Crippen molar-refractivity contribution in [1.82, 2.24) is 29.7 Å². The Bertz CT molecular complexity index is 674. The van der Waals surface area contributed by atoms with Crippen LogP contribution in [-0.2, 0) is 18.3 Å². The molecule has 0 unspecified atom stereocenters. The van der Waals surface area contributed by atoms with Crippen LogP contribution in [0.15, 0.2) is 18.5 Å². The third kappa shape index (κ3) is 2.98. The number of aryl methyl sites for hydroxylation is 1. The Morgan fingerprint density at radius 1 is 1.25 bits per heavy atom. The van der Waals surface area contributed by atoms with Gasteiger partial charge in [-0.2, -0.15) is 5.10 Å². The first kappa shape index (κ1) is 15.8. The first-order valence-corrected chi connectivity index (χ1v) is 8.88. The lowest BCUT2D eigenvalue weighted by Crippen LogP contribution is -2.24. The normalized spacial score (nSPS) is 25.8. The zero-order valence-corrected chi connectivity index (χ0v) is 14.5. The van der Waals surface area contributed by atoms with E-state index in [1.54, 1.807) is 11.8 Å². The minimum Gasteiger partial charge on any atom is -0.379 e. The van der Waals surface area contributed by atoms with Gasteiger partial charge >= 0.3 is 0 Å². The van der Waals surface area contributed by atoms with Crippen molar-refractivity contribution >= 4 is 0 Å². The van der Waals surface area contributed by atoms with Gasteiger partial charge in [-0.15, -0.1) is 5.10 Å². The second-order valence-electron chi connectivity index (χ2n) is 7.10. The van der Waals surface area contributed by atoms with Crippen molar-refractivity contribution in [3.05, 3.63) is 29.8 Å². The van der Waals surface area contributed by atoms with Gasteiger partial charge in [0.1, 0.15) is 0 Å². The molecule has 1 aliphatic heterocycles. The SMILES string of the molecule is CO[C@@H]1CN(Cc2ccnn2C2CCCC2)C[C@H]1c1cn(C)nn1. The molecule has 130 valence electrons. The van der Waals surface area contributed by atoms with E-state index in [2.05, 4.69) is 31.1 Å². The van der Waals surface area contributed by atoms with E-state index >= 15 is 0 Å². The Kier molecular flexibility index (Phi) is 4.37. The molecule has 0 N–H and O–H groups in total. The Morgan fingerprint density at radius 3 is 2.79 bits per heavy atom. The van der Waals surface area contributed by atoms with Crippen molar-refractivity contribution in [2.45, 2.75) is 50.3 Å². The van der Waals surface area contributed by atoms with Gasteiger partial charge in [0.05, 0.1) is 23.5 Å². The van der Waals surface area contributed by atoms with Crippen molar-refractivity contribution in [2.75, 3.05) is 20.2 Å². The second-order valence-corrected chi connectivity index (χ2v) is 7.10. The van der Waals surface area contributed by atoms with Gasteiger partial charge in [-0.1, -0.05) is 18.1 Å². The molecule has 7 heteroatoms. The smallest absolute Gasteiger partial charge is 0.0897 e. The summed E-state index contributed by atoms with van der Waals surface area (Å²) in [5.41, 5.74) is 2.34. The molecule has 2 aliphatic rings. The summed E-state index contributed by atoms with van der Waals surface area (Å²) in [5, 5.41) is 13.0. The number of methoxy groups -OCH3 is 1. The van der Waals surface area contributed by atoms with E-state index in [4.69, 9.17) is 4.74 Å². The molecule has 2 atom stereocenters. The summed E-state index contributed by atoms with van der Waals surface area (Å²) in [7, 11) is 3.70. The summed E-state index contributed by atoms with van der Waals surface area (Å²) in [5.74, 6) is 0.284. The lowest BCUT2D eigenvalue weighted by Gasteiger charge is -2.19. The highest BCUT2D eigenvalue weighted by Gasteiger charge is 2.36. The summed E-state index contributed by atoms with van der Waals surface area (Å²) >= 11 is 0. The Hall–Kier alpha value is -1.73. The number of rotatable bonds is 5. The Labute approximate surface area is 142 Å². The molecule has 1 aliphatic carbocycles. The van der Waals surface area contributed by atoms with E-state index < -0.39 is 0 Å². The standard InChI is InChI=1S/C17H26N6O/c1-21-11-16(19-20-21)15-10-22(12-17(15)24-2)9-14-7-8-18-23(14)13-5-3-4-6-13/h7-8,11,13,15,17H,3-6,9-10,12H2,1-2H3/t15-,17+/m0/s1. The van der Waals surface area contributed by atoms with Crippen LogP contribution in [0.3, 0.4) is 0 Å². The summed E-state index contributed by atoms with van der Waals surface area (Å²) in [6.45, 7) is 2.80. The van der Waals surface area contributed by atoms with Crippen LogP contribution in [0.25, 0.3) is 0 Å². The van der Waals surface area contributed by atoms with Crippen molar-refractivity contribution < 1.29 is 4.74 Å². The van der Waals surface area contributed by atoms with Gasteiger partial charge in [0.25, 0.3) is 0 Å². The van der Waals surface area contributed by atoms with Crippen LogP contribution in [0.4, 0.5) is 0 Å². The van der Waals surface area contributed by atoms with Gasteiger partial charge in [0, 0.05) is 52.1 Å². The first-order chi connectivity index (χ1) is 11.7. The minimum absolute atomic E-state index is 0.171. The number of hydrogen-bond acceptors (Lipinski definition) is 5. The van der Waals surface area contributed by atoms with Gasteiger partial charge < -0.3 is 4.74 Å². The molecular formula is C17H26N6O. The van der Waals surface area contributed by atoms with Crippen LogP contribution in [0, 0.1) is 0 Å². The van der Waals surface area contributed by atoms with Crippen LogP contribution in [0.5, 0.6) is 0 Å². The molecule has 2 aromatic rings. The maximum atomic E-state index is 5.73. The third-order valence-corrected chi connectivity index (χ3v) is 5.45. The van der Waals surface area contributed by atoms with Gasteiger partial charge in [-0.25, -0.2) is 0 Å². The van der Waals surface area contributed by atoms with E-state index in [9.17, 15) is 0 Å². The highest BCUT2D eigenvalue weighted by Crippen LogP contribution is 2.32. The fraction of sp³-hybridized carbons (Fsp3) is 0.706. The van der Waals surface area contributed by atoms with Crippen molar-refractivity contribution in [1.29, 1.82) is 0 Å². The molecule has 1 saturated heterocycles. The largest absolute Gasteiger partial charge is 0.379 e. The molecule has 0 amide bonds. The summed E-state index contributed by atoms with van der Waals surface area (Å²) < 4.78 is 9.74. The van der Waals surface area contributed by atoms with Crippen LogP contribution in [-0.4, -0.2) is 56.0 Å². The summed E-state index contributed by atoms with van der Waals surface area (Å²) in [6, 6.07) is 2.75. The fourth-order valence-corrected chi connectivity index (χ4v) is 4.21. The van der Waals surface area contributed by atoms with E-state index in [-0.39, 0.29) is 12.0 Å². The molecule has 2 fully saturated rings. The molecule has 4 rings (SSSR count). The molecule has 2 aromatic heterocycles. The number of likely N-dealkylation sites (tertiary alicyclic amines) is 1. The number of nitrogens with zero attached hydrogens (tertiary/aromatic N) is 6. The van der Waals surface area contributed by atoms with E-state index in [0.29, 0.717) is 6.04 Å². The predicted octanol–water partition coefficient (Wildman–Crippen LogP) is 1.74. The summed E-state index contributed by atoms with van der Waals surface area (Å²) in [6.07, 6.45) is 9.29. The average Bonchev–Trinajstić information content (AvgIpc) is 3.34. The average molecular weight is 330 g/mol. The molecule has 24 heavy (non-hydrogen) atoms. The highest BCUT2D eigenvalue weighted by molar-refractivity contribution is 5.11. The van der Waals surface area contributed by atoms with Crippen molar-refractivity contribution in [2.24, 2.45) is 7.05 Å². The molecule has 1 saturated carbocycles. The fourth-order valence-electron chi connectivity index (χ4n) is 4.21. The number of hydrogen-bond donors (Lipinski definition) is 0.